The molecule has 3 heteroatoms. The number of rotatable bonds is 1. The third kappa shape index (κ3) is 2.34. The van der Waals surface area contributed by atoms with E-state index in [0.29, 0.717) is 0 Å². The van der Waals surface area contributed by atoms with Crippen molar-refractivity contribution < 1.29 is 0 Å². The largest absolute Gasteiger partial charge is 0.289 e. The van der Waals surface area contributed by atoms with Crippen LogP contribution in [0.3, 0.4) is 0 Å². The normalized spacial score (nSPS) is 13.1. The fourth-order valence-electron chi connectivity index (χ4n) is 1.81. The molecule has 1 aromatic carbocycles. The smallest absolute Gasteiger partial charge is 0.189 e. The first-order valence-corrected chi connectivity index (χ1v) is 6.61. The minimum atomic E-state index is 0.120. The molecule has 2 nitrogen and oxygen atoms in total. The number of thiazole rings is 1. The third-order valence-corrected chi connectivity index (χ3v) is 3.60. The van der Waals surface area contributed by atoms with Crippen molar-refractivity contribution in [3.63, 3.8) is 0 Å². The Morgan fingerprint density at radius 2 is 1.76 bits per heavy atom. The predicted octanol–water partition coefficient (Wildman–Crippen LogP) is 3.37. The maximum Gasteiger partial charge on any atom is 0.189 e. The van der Waals surface area contributed by atoms with Crippen LogP contribution in [0.15, 0.2) is 40.7 Å². The van der Waals surface area contributed by atoms with Gasteiger partial charge >= 0.3 is 0 Å². The van der Waals surface area contributed by atoms with Crippen molar-refractivity contribution in [3.05, 3.63) is 46.2 Å². The average molecular weight is 246 g/mol. The summed E-state index contributed by atoms with van der Waals surface area (Å²) in [6.07, 6.45) is 0. The molecule has 90 valence electrons. The SMILES string of the molecule is CN=c1scc(C(C)(C)C)n1-c1ccccc1. The number of para-hydroxylation sites is 1. The third-order valence-electron chi connectivity index (χ3n) is 2.68. The van der Waals surface area contributed by atoms with Crippen LogP contribution in [-0.2, 0) is 5.41 Å². The molecule has 1 aromatic heterocycles. The molecule has 0 spiro atoms. The van der Waals surface area contributed by atoms with Crippen LogP contribution in [0.4, 0.5) is 0 Å². The lowest BCUT2D eigenvalue weighted by Crippen LogP contribution is -2.23. The van der Waals surface area contributed by atoms with Crippen LogP contribution in [0.2, 0.25) is 0 Å². The lowest BCUT2D eigenvalue weighted by Gasteiger charge is -2.21. The van der Waals surface area contributed by atoms with Gasteiger partial charge in [-0.1, -0.05) is 39.0 Å². The fraction of sp³-hybridized carbons (Fsp3) is 0.357. The number of nitrogens with zero attached hydrogens (tertiary/aromatic N) is 2. The van der Waals surface area contributed by atoms with Crippen LogP contribution in [0.25, 0.3) is 5.69 Å². The van der Waals surface area contributed by atoms with E-state index in [4.69, 9.17) is 0 Å². The van der Waals surface area contributed by atoms with E-state index in [-0.39, 0.29) is 5.41 Å². The zero-order valence-electron chi connectivity index (χ0n) is 10.8. The summed E-state index contributed by atoms with van der Waals surface area (Å²) in [4.78, 5) is 5.41. The van der Waals surface area contributed by atoms with Gasteiger partial charge in [0.15, 0.2) is 4.80 Å². The number of hydrogen-bond acceptors (Lipinski definition) is 2. The molecule has 0 fully saturated rings. The van der Waals surface area contributed by atoms with Crippen LogP contribution in [0.5, 0.6) is 0 Å². The van der Waals surface area contributed by atoms with Gasteiger partial charge in [-0.15, -0.1) is 11.3 Å². The van der Waals surface area contributed by atoms with Crippen molar-refractivity contribution in [2.75, 3.05) is 7.05 Å². The second kappa shape index (κ2) is 4.49. The molecular formula is C14H18N2S. The molecule has 17 heavy (non-hydrogen) atoms. The molecule has 0 N–H and O–H groups in total. The molecule has 0 bridgehead atoms. The Morgan fingerprint density at radius 1 is 1.12 bits per heavy atom. The number of benzene rings is 1. The van der Waals surface area contributed by atoms with Gasteiger partial charge in [0.25, 0.3) is 0 Å². The van der Waals surface area contributed by atoms with E-state index in [9.17, 15) is 0 Å². The van der Waals surface area contributed by atoms with Gasteiger partial charge < -0.3 is 0 Å². The second-order valence-corrected chi connectivity index (χ2v) is 5.88. The van der Waals surface area contributed by atoms with Crippen LogP contribution < -0.4 is 4.80 Å². The standard InChI is InChI=1S/C14H18N2S/c1-14(2,3)12-10-17-13(15-4)16(12)11-8-6-5-7-9-11/h5-10H,1-4H3. The van der Waals surface area contributed by atoms with E-state index >= 15 is 0 Å². The van der Waals surface area contributed by atoms with Gasteiger partial charge in [-0.05, 0) is 12.1 Å². The summed E-state index contributed by atoms with van der Waals surface area (Å²) in [5.74, 6) is 0. The molecule has 0 radical (unpaired) electrons. The van der Waals surface area contributed by atoms with Crippen molar-refractivity contribution in [3.8, 4) is 5.69 Å². The van der Waals surface area contributed by atoms with Gasteiger partial charge in [0, 0.05) is 29.2 Å². The van der Waals surface area contributed by atoms with Crippen LogP contribution >= 0.6 is 11.3 Å². The summed E-state index contributed by atoms with van der Waals surface area (Å²) < 4.78 is 2.24. The van der Waals surface area contributed by atoms with E-state index in [2.05, 4.69) is 60.0 Å². The first-order valence-electron chi connectivity index (χ1n) is 5.73. The highest BCUT2D eigenvalue weighted by Gasteiger charge is 2.20. The Hall–Kier alpha value is -1.35. The van der Waals surface area contributed by atoms with Crippen molar-refractivity contribution in [1.82, 2.24) is 4.57 Å². The van der Waals surface area contributed by atoms with Crippen LogP contribution in [-0.4, -0.2) is 11.6 Å². The van der Waals surface area contributed by atoms with Crippen molar-refractivity contribution in [2.45, 2.75) is 26.2 Å². The van der Waals surface area contributed by atoms with E-state index in [1.165, 1.54) is 11.4 Å². The van der Waals surface area contributed by atoms with E-state index in [1.54, 1.807) is 11.3 Å². The highest BCUT2D eigenvalue weighted by Crippen LogP contribution is 2.25. The molecule has 0 aliphatic heterocycles. The zero-order chi connectivity index (χ0) is 12.5. The highest BCUT2D eigenvalue weighted by molar-refractivity contribution is 7.07. The van der Waals surface area contributed by atoms with Crippen LogP contribution in [0.1, 0.15) is 26.5 Å². The Morgan fingerprint density at radius 3 is 2.29 bits per heavy atom. The van der Waals surface area contributed by atoms with Crippen molar-refractivity contribution >= 4 is 11.3 Å². The molecule has 0 atom stereocenters. The van der Waals surface area contributed by atoms with Gasteiger partial charge in [0.1, 0.15) is 0 Å². The Kier molecular flexibility index (Phi) is 3.20. The Labute approximate surface area is 106 Å². The average Bonchev–Trinajstić information content (AvgIpc) is 2.73. The maximum atomic E-state index is 4.36. The molecule has 1 heterocycles. The maximum absolute atomic E-state index is 4.36. The molecule has 0 amide bonds. The molecule has 0 aliphatic carbocycles. The molecule has 2 rings (SSSR count). The molecule has 0 unspecified atom stereocenters. The highest BCUT2D eigenvalue weighted by atomic mass is 32.1. The van der Waals surface area contributed by atoms with Gasteiger partial charge in [-0.2, -0.15) is 0 Å². The van der Waals surface area contributed by atoms with Crippen LogP contribution in [0, 0.1) is 0 Å². The summed E-state index contributed by atoms with van der Waals surface area (Å²) in [6.45, 7) is 6.69. The van der Waals surface area contributed by atoms with Gasteiger partial charge in [-0.3, -0.25) is 9.56 Å². The summed E-state index contributed by atoms with van der Waals surface area (Å²) in [5, 5.41) is 2.20. The number of hydrogen-bond donors (Lipinski definition) is 0. The van der Waals surface area contributed by atoms with Crippen molar-refractivity contribution in [1.29, 1.82) is 0 Å². The minimum Gasteiger partial charge on any atom is -0.289 e. The molecule has 0 saturated heterocycles. The fourth-order valence-corrected chi connectivity index (χ4v) is 2.90. The molecule has 0 saturated carbocycles. The number of aromatic nitrogens is 1. The quantitative estimate of drug-likeness (QED) is 0.734. The molecule has 2 aromatic rings. The first-order chi connectivity index (χ1) is 8.04. The van der Waals surface area contributed by atoms with E-state index in [1.807, 2.05) is 13.1 Å². The van der Waals surface area contributed by atoms with E-state index < -0.39 is 0 Å². The first kappa shape index (κ1) is 12.1. The van der Waals surface area contributed by atoms with Gasteiger partial charge in [0.2, 0.25) is 0 Å². The summed E-state index contributed by atoms with van der Waals surface area (Å²) >= 11 is 1.69. The van der Waals surface area contributed by atoms with Gasteiger partial charge in [0.05, 0.1) is 0 Å². The summed E-state index contributed by atoms with van der Waals surface area (Å²) in [5.41, 5.74) is 2.60. The topological polar surface area (TPSA) is 17.3 Å². The second-order valence-electron chi connectivity index (χ2n) is 5.05. The Bertz CT molecular complexity index is 556. The minimum absolute atomic E-state index is 0.120. The summed E-state index contributed by atoms with van der Waals surface area (Å²) in [6, 6.07) is 10.4. The van der Waals surface area contributed by atoms with Gasteiger partial charge in [-0.25, -0.2) is 0 Å². The van der Waals surface area contributed by atoms with E-state index in [0.717, 1.165) is 4.80 Å². The lowest BCUT2D eigenvalue weighted by atomic mass is 9.93. The van der Waals surface area contributed by atoms with Crippen molar-refractivity contribution in [2.24, 2.45) is 4.99 Å². The Balaban J connectivity index is 2.72. The molecule has 0 aliphatic rings. The lowest BCUT2D eigenvalue weighted by molar-refractivity contribution is 0.553. The predicted molar refractivity (Wildman–Crippen MR) is 73.8 cm³/mol. The zero-order valence-corrected chi connectivity index (χ0v) is 11.6. The monoisotopic (exact) mass is 246 g/mol. The molecular weight excluding hydrogens is 228 g/mol. The summed E-state index contributed by atoms with van der Waals surface area (Å²) in [7, 11) is 1.84.